The fourth-order valence-electron chi connectivity index (χ4n) is 1.65. The lowest BCUT2D eigenvalue weighted by Crippen LogP contribution is -2.04. The van der Waals surface area contributed by atoms with E-state index in [0.717, 1.165) is 0 Å². The number of hydrogen-bond acceptors (Lipinski definition) is 5. The van der Waals surface area contributed by atoms with Crippen LogP contribution in [0.2, 0.25) is 0 Å². The Bertz CT molecular complexity index is 602. The molecule has 0 radical (unpaired) electrons. The maximum Gasteiger partial charge on any atom is 0.302 e. The third-order valence-electron chi connectivity index (χ3n) is 2.69. The number of aliphatic hydroxyl groups excluding tert-OH is 1. The number of esters is 1. The number of carbonyl (C=O) groups excluding carboxylic acids is 1. The van der Waals surface area contributed by atoms with E-state index in [1.54, 1.807) is 6.08 Å². The zero-order chi connectivity index (χ0) is 15.1. The molecule has 0 saturated carbocycles. The summed E-state index contributed by atoms with van der Waals surface area (Å²) in [5.74, 6) is 15.1. The highest BCUT2D eigenvalue weighted by atomic mass is 16.7. The molecule has 5 heteroatoms. The zero-order valence-corrected chi connectivity index (χ0v) is 11.5. The molecule has 2 rings (SSSR count). The van der Waals surface area contributed by atoms with E-state index >= 15 is 0 Å². The fourth-order valence-corrected chi connectivity index (χ4v) is 1.65. The van der Waals surface area contributed by atoms with Crippen molar-refractivity contribution in [2.45, 2.75) is 31.3 Å². The largest absolute Gasteiger partial charge is 0.462 e. The molecule has 0 aromatic carbocycles. The summed E-state index contributed by atoms with van der Waals surface area (Å²) in [4.78, 5) is 10.6. The Labute approximate surface area is 123 Å². The summed E-state index contributed by atoms with van der Waals surface area (Å²) in [6.07, 6.45) is 3.44. The van der Waals surface area contributed by atoms with Gasteiger partial charge < -0.3 is 19.3 Å². The number of hydrogen-bond donors (Lipinski definition) is 1. The molecule has 1 N–H and O–H groups in total. The summed E-state index contributed by atoms with van der Waals surface area (Å²) in [5.41, 5.74) is 0. The van der Waals surface area contributed by atoms with Crippen LogP contribution in [0.25, 0.3) is 0 Å². The third-order valence-corrected chi connectivity index (χ3v) is 2.69. The van der Waals surface area contributed by atoms with Gasteiger partial charge >= 0.3 is 5.97 Å². The van der Waals surface area contributed by atoms with Crippen LogP contribution in [-0.2, 0) is 19.0 Å². The van der Waals surface area contributed by atoms with E-state index in [-0.39, 0.29) is 43.6 Å². The highest BCUT2D eigenvalue weighted by Gasteiger charge is 2.56. The molecule has 0 bridgehead atoms. The molecule has 108 valence electrons. The number of rotatable bonds is 4. The molecular formula is C16H14O5. The predicted molar refractivity (Wildman–Crippen MR) is 73.5 cm³/mol. The monoisotopic (exact) mass is 286 g/mol. The summed E-state index contributed by atoms with van der Waals surface area (Å²) in [6.45, 7) is 1.41. The van der Waals surface area contributed by atoms with E-state index < -0.39 is 0 Å². The van der Waals surface area contributed by atoms with Crippen molar-refractivity contribution in [2.75, 3.05) is 13.2 Å². The molecule has 0 unspecified atom stereocenters. The van der Waals surface area contributed by atoms with Gasteiger partial charge in [0.25, 0.3) is 0 Å². The highest BCUT2D eigenvalue weighted by molar-refractivity contribution is 5.66. The zero-order valence-electron chi connectivity index (χ0n) is 11.5. The van der Waals surface area contributed by atoms with Gasteiger partial charge in [-0.3, -0.25) is 4.79 Å². The smallest absolute Gasteiger partial charge is 0.302 e. The topological polar surface area (TPSA) is 71.6 Å². The van der Waals surface area contributed by atoms with E-state index in [0.29, 0.717) is 0 Å². The first kappa shape index (κ1) is 15.2. The first-order valence-electron chi connectivity index (χ1n) is 6.42. The maximum atomic E-state index is 10.6. The standard InChI is InChI=1S/C16H14O5/c1-12(18)19-11-7-9-14-16(21-14)15-13(20-15)8-5-3-2-4-6-10-17/h7,9,13-17H,10-11H2,1H3/b9-7+/t13-,14+,15+,16-/m1/s1. The second-order valence-corrected chi connectivity index (χ2v) is 4.30. The van der Waals surface area contributed by atoms with Crippen LogP contribution in [0.5, 0.6) is 0 Å². The number of aliphatic hydroxyl groups is 1. The summed E-state index contributed by atoms with van der Waals surface area (Å²) >= 11 is 0. The van der Waals surface area contributed by atoms with Gasteiger partial charge in [-0.05, 0) is 29.8 Å². The van der Waals surface area contributed by atoms with Crippen LogP contribution in [0.4, 0.5) is 0 Å². The molecule has 0 aromatic rings. The molecule has 2 heterocycles. The van der Waals surface area contributed by atoms with Gasteiger partial charge in [-0.2, -0.15) is 0 Å². The van der Waals surface area contributed by atoms with Gasteiger partial charge in [0.1, 0.15) is 37.6 Å². The van der Waals surface area contributed by atoms with Crippen LogP contribution in [0.15, 0.2) is 12.2 Å². The molecular weight excluding hydrogens is 272 g/mol. The molecule has 2 aliphatic heterocycles. The molecule has 2 fully saturated rings. The van der Waals surface area contributed by atoms with Crippen LogP contribution in [0.3, 0.4) is 0 Å². The van der Waals surface area contributed by atoms with Gasteiger partial charge in [0.05, 0.1) is 0 Å². The first-order chi connectivity index (χ1) is 10.2. The molecule has 0 spiro atoms. The first-order valence-corrected chi connectivity index (χ1v) is 6.42. The Balaban J connectivity index is 1.65. The Hall–Kier alpha value is -2.23. The molecule has 21 heavy (non-hydrogen) atoms. The second kappa shape index (κ2) is 7.53. The van der Waals surface area contributed by atoms with Gasteiger partial charge in [-0.15, -0.1) is 0 Å². The van der Waals surface area contributed by atoms with Gasteiger partial charge in [-0.25, -0.2) is 0 Å². The number of epoxide rings is 2. The van der Waals surface area contributed by atoms with E-state index in [4.69, 9.17) is 19.3 Å². The summed E-state index contributed by atoms with van der Waals surface area (Å²) in [7, 11) is 0. The van der Waals surface area contributed by atoms with Gasteiger partial charge in [0, 0.05) is 6.92 Å². The van der Waals surface area contributed by atoms with Crippen molar-refractivity contribution >= 4 is 5.97 Å². The van der Waals surface area contributed by atoms with Crippen molar-refractivity contribution < 1.29 is 24.1 Å². The van der Waals surface area contributed by atoms with Crippen molar-refractivity contribution in [3.8, 4) is 35.5 Å². The maximum absolute atomic E-state index is 10.6. The van der Waals surface area contributed by atoms with E-state index in [9.17, 15) is 4.79 Å². The van der Waals surface area contributed by atoms with Crippen molar-refractivity contribution in [2.24, 2.45) is 0 Å². The van der Waals surface area contributed by atoms with Crippen LogP contribution in [0, 0.1) is 35.5 Å². The Kier molecular flexibility index (Phi) is 5.43. The van der Waals surface area contributed by atoms with Crippen LogP contribution in [0.1, 0.15) is 6.92 Å². The lowest BCUT2D eigenvalue weighted by Gasteiger charge is -1.93. The van der Waals surface area contributed by atoms with Crippen molar-refractivity contribution in [3.05, 3.63) is 12.2 Å². The fraction of sp³-hybridized carbons (Fsp3) is 0.438. The van der Waals surface area contributed by atoms with Crippen molar-refractivity contribution in [1.29, 1.82) is 0 Å². The molecule has 2 saturated heterocycles. The summed E-state index contributed by atoms with van der Waals surface area (Å²) in [6, 6.07) is 0. The van der Waals surface area contributed by atoms with Gasteiger partial charge in [0.15, 0.2) is 0 Å². The molecule has 0 aromatic heterocycles. The minimum atomic E-state index is -0.307. The minimum Gasteiger partial charge on any atom is -0.462 e. The molecule has 5 nitrogen and oxygen atoms in total. The Morgan fingerprint density at radius 3 is 2.81 bits per heavy atom. The highest BCUT2D eigenvalue weighted by Crippen LogP contribution is 2.38. The van der Waals surface area contributed by atoms with Gasteiger partial charge in [-0.1, -0.05) is 17.9 Å². The van der Waals surface area contributed by atoms with Gasteiger partial charge in [0.2, 0.25) is 0 Å². The molecule has 0 amide bonds. The minimum absolute atomic E-state index is 0.00105. The van der Waals surface area contributed by atoms with Crippen molar-refractivity contribution in [1.82, 2.24) is 0 Å². The predicted octanol–water partition coefficient (Wildman–Crippen LogP) is -0.357. The Morgan fingerprint density at radius 2 is 2.05 bits per heavy atom. The summed E-state index contributed by atoms with van der Waals surface area (Å²) < 4.78 is 15.6. The Morgan fingerprint density at radius 1 is 1.24 bits per heavy atom. The molecule has 0 aliphatic carbocycles. The third kappa shape index (κ3) is 5.34. The van der Waals surface area contributed by atoms with E-state index in [1.165, 1.54) is 6.92 Å². The van der Waals surface area contributed by atoms with Crippen LogP contribution in [-0.4, -0.2) is 48.7 Å². The normalized spacial score (nSPS) is 28.3. The summed E-state index contributed by atoms with van der Waals surface area (Å²) in [5, 5.41) is 8.41. The lowest BCUT2D eigenvalue weighted by molar-refractivity contribution is -0.139. The van der Waals surface area contributed by atoms with Crippen LogP contribution < -0.4 is 0 Å². The molecule has 4 atom stereocenters. The average Bonchev–Trinajstić information content (AvgIpc) is 3.33. The average molecular weight is 286 g/mol. The van der Waals surface area contributed by atoms with Crippen LogP contribution >= 0.6 is 0 Å². The van der Waals surface area contributed by atoms with E-state index in [2.05, 4.69) is 35.5 Å². The number of ether oxygens (including phenoxy) is 3. The van der Waals surface area contributed by atoms with E-state index in [1.807, 2.05) is 6.08 Å². The second-order valence-electron chi connectivity index (χ2n) is 4.30. The SMILES string of the molecule is CC(=O)OC/C=C/[C@@H]1O[C@H]1[C@H]1O[C@@H]1C#CC#CC#CCO. The molecule has 2 aliphatic rings. The van der Waals surface area contributed by atoms with Crippen molar-refractivity contribution in [3.63, 3.8) is 0 Å². The number of carbonyl (C=O) groups is 1. The lowest BCUT2D eigenvalue weighted by atomic mass is 10.2. The quantitative estimate of drug-likeness (QED) is 0.331.